The first-order valence-electron chi connectivity index (χ1n) is 12.8. The van der Waals surface area contributed by atoms with Crippen molar-refractivity contribution in [3.05, 3.63) is 36.0 Å². The van der Waals surface area contributed by atoms with Crippen LogP contribution in [0.1, 0.15) is 50.5 Å². The van der Waals surface area contributed by atoms with E-state index in [0.717, 1.165) is 16.5 Å². The Bertz CT molecular complexity index is 1050. The van der Waals surface area contributed by atoms with Gasteiger partial charge in [0, 0.05) is 42.7 Å². The van der Waals surface area contributed by atoms with Crippen molar-refractivity contribution < 1.29 is 14.4 Å². The molecular weight excluding hydrogens is 430 g/mol. The summed E-state index contributed by atoms with van der Waals surface area (Å²) in [4.78, 5) is 44.8. The number of nitrogens with zero attached hydrogens (tertiary/aromatic N) is 2. The Kier molecular flexibility index (Phi) is 6.85. The van der Waals surface area contributed by atoms with Crippen molar-refractivity contribution in [1.82, 2.24) is 25.4 Å². The Morgan fingerprint density at radius 1 is 1.09 bits per heavy atom. The van der Waals surface area contributed by atoms with Gasteiger partial charge in [-0.3, -0.25) is 14.5 Å². The van der Waals surface area contributed by atoms with Crippen LogP contribution < -0.4 is 10.6 Å². The van der Waals surface area contributed by atoms with Gasteiger partial charge in [-0.05, 0) is 69.2 Å². The molecule has 1 aromatic carbocycles. The lowest BCUT2D eigenvalue weighted by Crippen LogP contribution is -2.51. The maximum absolute atomic E-state index is 12.8. The summed E-state index contributed by atoms with van der Waals surface area (Å²) in [6, 6.07) is 7.61. The molecule has 4 amide bonds. The number of carbonyl (C=O) groups is 3. The molecule has 8 nitrogen and oxygen atoms in total. The van der Waals surface area contributed by atoms with Crippen LogP contribution in [0.15, 0.2) is 30.5 Å². The summed E-state index contributed by atoms with van der Waals surface area (Å²) in [6.07, 6.45) is 9.28. The van der Waals surface area contributed by atoms with Crippen LogP contribution in [0.3, 0.4) is 0 Å². The number of rotatable bonds is 8. The second-order valence-electron chi connectivity index (χ2n) is 9.95. The van der Waals surface area contributed by atoms with Crippen molar-refractivity contribution in [3.8, 4) is 0 Å². The second-order valence-corrected chi connectivity index (χ2v) is 9.95. The van der Waals surface area contributed by atoms with Crippen LogP contribution in [0.2, 0.25) is 0 Å². The molecule has 182 valence electrons. The standard InChI is InChI=1S/C26H35N5O3/c32-24(28-17-19-6-5-14-30-13-4-3-9-23(19)30)11-10-22-25(33)31(26(34)29-22)15-12-18-16-27-21-8-2-1-7-20(18)21/h1-2,7-8,16,19,22-23,27H,3-6,9-15,17H2,(H,28,32)(H,29,34)/t19-,22-,23+/m0/s1. The van der Waals surface area contributed by atoms with Gasteiger partial charge in [0.25, 0.3) is 5.91 Å². The van der Waals surface area contributed by atoms with Gasteiger partial charge in [0.15, 0.2) is 0 Å². The molecule has 0 bridgehead atoms. The molecule has 3 atom stereocenters. The monoisotopic (exact) mass is 465 g/mol. The third-order valence-corrected chi connectivity index (χ3v) is 7.84. The van der Waals surface area contributed by atoms with Crippen LogP contribution in [-0.4, -0.2) is 70.9 Å². The second kappa shape index (κ2) is 10.2. The summed E-state index contributed by atoms with van der Waals surface area (Å²) in [7, 11) is 0. The minimum absolute atomic E-state index is 0.0350. The minimum atomic E-state index is -0.621. The highest BCUT2D eigenvalue weighted by molar-refractivity contribution is 6.04. The predicted molar refractivity (Wildman–Crippen MR) is 130 cm³/mol. The molecule has 5 rings (SSSR count). The normalized spacial score (nSPS) is 25.4. The van der Waals surface area contributed by atoms with Crippen LogP contribution in [0, 0.1) is 5.92 Å². The van der Waals surface area contributed by atoms with Gasteiger partial charge in [-0.2, -0.15) is 0 Å². The van der Waals surface area contributed by atoms with E-state index >= 15 is 0 Å². The topological polar surface area (TPSA) is 97.5 Å². The number of para-hydroxylation sites is 1. The van der Waals surface area contributed by atoms with Gasteiger partial charge in [-0.1, -0.05) is 24.6 Å². The van der Waals surface area contributed by atoms with Crippen molar-refractivity contribution in [2.24, 2.45) is 5.92 Å². The number of hydrogen-bond donors (Lipinski definition) is 3. The molecule has 2 aromatic rings. The number of aromatic amines is 1. The van der Waals surface area contributed by atoms with E-state index in [2.05, 4.69) is 20.5 Å². The number of hydrogen-bond acceptors (Lipinski definition) is 4. The van der Waals surface area contributed by atoms with Gasteiger partial charge in [0.2, 0.25) is 5.91 Å². The van der Waals surface area contributed by atoms with Crippen LogP contribution in [0.4, 0.5) is 4.79 Å². The molecule has 8 heteroatoms. The molecule has 0 aliphatic carbocycles. The lowest BCUT2D eigenvalue weighted by molar-refractivity contribution is -0.127. The number of carbonyl (C=O) groups excluding carboxylic acids is 3. The highest BCUT2D eigenvalue weighted by Crippen LogP contribution is 2.30. The van der Waals surface area contributed by atoms with E-state index in [-0.39, 0.29) is 24.3 Å². The molecule has 0 radical (unpaired) electrons. The van der Waals surface area contributed by atoms with Crippen molar-refractivity contribution in [1.29, 1.82) is 0 Å². The average molecular weight is 466 g/mol. The molecule has 3 aliphatic heterocycles. The summed E-state index contributed by atoms with van der Waals surface area (Å²) >= 11 is 0. The highest BCUT2D eigenvalue weighted by atomic mass is 16.2. The first-order chi connectivity index (χ1) is 16.6. The molecule has 4 heterocycles. The number of benzene rings is 1. The Hall–Kier alpha value is -2.87. The van der Waals surface area contributed by atoms with Gasteiger partial charge in [-0.25, -0.2) is 4.79 Å². The first kappa shape index (κ1) is 22.9. The largest absolute Gasteiger partial charge is 0.361 e. The average Bonchev–Trinajstić information content (AvgIpc) is 3.39. The van der Waals surface area contributed by atoms with E-state index in [1.54, 1.807) is 0 Å². The molecular formula is C26H35N5O3. The number of imide groups is 1. The summed E-state index contributed by atoms with van der Waals surface area (Å²) in [5.74, 6) is 0.251. The zero-order valence-corrected chi connectivity index (χ0v) is 19.7. The molecule has 3 aliphatic rings. The van der Waals surface area contributed by atoms with E-state index in [0.29, 0.717) is 37.9 Å². The van der Waals surface area contributed by atoms with Crippen LogP contribution >= 0.6 is 0 Å². The lowest BCUT2D eigenvalue weighted by Gasteiger charge is -2.44. The van der Waals surface area contributed by atoms with E-state index in [9.17, 15) is 14.4 Å². The summed E-state index contributed by atoms with van der Waals surface area (Å²) in [5.41, 5.74) is 2.13. The van der Waals surface area contributed by atoms with Crippen molar-refractivity contribution >= 4 is 28.7 Å². The fourth-order valence-corrected chi connectivity index (χ4v) is 5.98. The molecule has 3 N–H and O–H groups in total. The van der Waals surface area contributed by atoms with Gasteiger partial charge in [-0.15, -0.1) is 0 Å². The van der Waals surface area contributed by atoms with Crippen molar-refractivity contribution in [2.75, 3.05) is 26.2 Å². The van der Waals surface area contributed by atoms with Crippen molar-refractivity contribution in [3.63, 3.8) is 0 Å². The van der Waals surface area contributed by atoms with Crippen LogP contribution in [0.25, 0.3) is 10.9 Å². The minimum Gasteiger partial charge on any atom is -0.361 e. The molecule has 3 fully saturated rings. The number of aromatic nitrogens is 1. The van der Waals surface area contributed by atoms with Gasteiger partial charge in [0.1, 0.15) is 6.04 Å². The van der Waals surface area contributed by atoms with Gasteiger partial charge < -0.3 is 20.5 Å². The number of nitrogens with one attached hydrogen (secondary N) is 3. The molecule has 3 saturated heterocycles. The highest BCUT2D eigenvalue weighted by Gasteiger charge is 2.38. The third kappa shape index (κ3) is 4.82. The maximum atomic E-state index is 12.8. The van der Waals surface area contributed by atoms with Crippen LogP contribution in [-0.2, 0) is 16.0 Å². The maximum Gasteiger partial charge on any atom is 0.324 e. The van der Waals surface area contributed by atoms with Crippen molar-refractivity contribution in [2.45, 2.75) is 63.5 Å². The smallest absolute Gasteiger partial charge is 0.324 e. The third-order valence-electron chi connectivity index (χ3n) is 7.84. The lowest BCUT2D eigenvalue weighted by atomic mass is 9.83. The number of urea groups is 1. The fourth-order valence-electron chi connectivity index (χ4n) is 5.98. The van der Waals surface area contributed by atoms with Crippen LogP contribution in [0.5, 0.6) is 0 Å². The Morgan fingerprint density at radius 2 is 1.94 bits per heavy atom. The molecule has 34 heavy (non-hydrogen) atoms. The number of fused-ring (bicyclic) bond motifs is 2. The van der Waals surface area contributed by atoms with E-state index in [4.69, 9.17) is 0 Å². The predicted octanol–water partition coefficient (Wildman–Crippen LogP) is 2.79. The molecule has 0 spiro atoms. The number of piperidine rings is 2. The van der Waals surface area contributed by atoms with E-state index in [1.165, 1.54) is 50.1 Å². The van der Waals surface area contributed by atoms with Gasteiger partial charge in [0.05, 0.1) is 0 Å². The zero-order chi connectivity index (χ0) is 23.5. The molecule has 0 unspecified atom stereocenters. The first-order valence-corrected chi connectivity index (χ1v) is 12.8. The number of amides is 4. The Morgan fingerprint density at radius 3 is 2.85 bits per heavy atom. The Labute approximate surface area is 200 Å². The van der Waals surface area contributed by atoms with E-state index in [1.807, 2.05) is 30.5 Å². The quantitative estimate of drug-likeness (QED) is 0.522. The van der Waals surface area contributed by atoms with Gasteiger partial charge >= 0.3 is 6.03 Å². The molecule has 1 aromatic heterocycles. The summed E-state index contributed by atoms with van der Waals surface area (Å²) < 4.78 is 0. The zero-order valence-electron chi connectivity index (χ0n) is 19.7. The summed E-state index contributed by atoms with van der Waals surface area (Å²) in [5, 5.41) is 6.97. The Balaban J connectivity index is 1.07. The van der Waals surface area contributed by atoms with E-state index < -0.39 is 6.04 Å². The number of H-pyrrole nitrogens is 1. The fraction of sp³-hybridized carbons (Fsp3) is 0.577. The molecule has 0 saturated carbocycles. The summed E-state index contributed by atoms with van der Waals surface area (Å²) in [6.45, 7) is 3.42. The SMILES string of the molecule is O=C(CC[C@@H]1NC(=O)N(CCc2c[nH]c3ccccc23)C1=O)NC[C@@H]1CCCN2CCCC[C@H]12.